The van der Waals surface area contributed by atoms with Gasteiger partial charge in [-0.2, -0.15) is 0 Å². The van der Waals surface area contributed by atoms with Crippen molar-refractivity contribution in [3.63, 3.8) is 0 Å². The van der Waals surface area contributed by atoms with Crippen molar-refractivity contribution in [2.45, 2.75) is 78.3 Å². The second-order valence-electron chi connectivity index (χ2n) is 7.06. The third kappa shape index (κ3) is 11.1. The molecule has 0 unspecified atom stereocenters. The van der Waals surface area contributed by atoms with E-state index in [0.717, 1.165) is 13.1 Å². The van der Waals surface area contributed by atoms with E-state index in [9.17, 15) is 0 Å². The minimum absolute atomic E-state index is 0. The molecule has 2 heterocycles. The molecule has 146 valence electrons. The summed E-state index contributed by atoms with van der Waals surface area (Å²) < 4.78 is 4.60. The van der Waals surface area contributed by atoms with E-state index in [2.05, 4.69) is 72.0 Å². The Morgan fingerprint density at radius 2 is 0.769 bits per heavy atom. The van der Waals surface area contributed by atoms with Crippen LogP contribution in [0.5, 0.6) is 0 Å². The SMILES string of the molecule is Cc1cc[n+](CCCCCCCCCC[n+]2ccc(C)cc2)cc1.[Br-].[Br-]. The van der Waals surface area contributed by atoms with E-state index < -0.39 is 0 Å². The average Bonchev–Trinajstić information content (AvgIpc) is 2.60. The Labute approximate surface area is 181 Å². The standard InChI is InChI=1S/C22H34N2.2BrH/c1-21-11-17-23(18-12-21)15-9-7-5-3-4-6-8-10-16-24-19-13-22(2)14-20-24;;/h11-14,17-20H,3-10,15-16H2,1-2H3;2*1H/q+2;;/p-2. The quantitative estimate of drug-likeness (QED) is 0.276. The first-order valence-electron chi connectivity index (χ1n) is 9.65. The molecule has 0 saturated heterocycles. The van der Waals surface area contributed by atoms with Gasteiger partial charge in [0.15, 0.2) is 24.8 Å². The van der Waals surface area contributed by atoms with E-state index in [1.165, 1.54) is 62.5 Å². The lowest BCUT2D eigenvalue weighted by molar-refractivity contribution is -0.697. The monoisotopic (exact) mass is 484 g/mol. The van der Waals surface area contributed by atoms with E-state index in [0.29, 0.717) is 0 Å². The second kappa shape index (κ2) is 15.3. The fourth-order valence-corrected chi connectivity index (χ4v) is 3.01. The van der Waals surface area contributed by atoms with Crippen molar-refractivity contribution in [1.82, 2.24) is 0 Å². The molecule has 2 nitrogen and oxygen atoms in total. The zero-order valence-electron chi connectivity index (χ0n) is 16.3. The Kier molecular flexibility index (Phi) is 14.9. The van der Waals surface area contributed by atoms with Crippen LogP contribution < -0.4 is 43.1 Å². The molecule has 0 aliphatic rings. The molecule has 0 aliphatic heterocycles. The highest BCUT2D eigenvalue weighted by atomic mass is 79.9. The van der Waals surface area contributed by atoms with Crippen LogP contribution in [0, 0.1) is 13.8 Å². The number of rotatable bonds is 11. The minimum atomic E-state index is 0. The Balaban J connectivity index is 0.00000312. The molecule has 4 heteroatoms. The molecule has 0 amide bonds. The maximum absolute atomic E-state index is 2.30. The molecule has 0 fully saturated rings. The van der Waals surface area contributed by atoms with Crippen molar-refractivity contribution in [3.05, 3.63) is 60.2 Å². The maximum atomic E-state index is 2.30. The van der Waals surface area contributed by atoms with Gasteiger partial charge in [0, 0.05) is 37.1 Å². The summed E-state index contributed by atoms with van der Waals surface area (Å²) in [6.45, 7) is 6.61. The van der Waals surface area contributed by atoms with Crippen LogP contribution in [0.25, 0.3) is 0 Å². The van der Waals surface area contributed by atoms with Crippen LogP contribution >= 0.6 is 0 Å². The summed E-state index contributed by atoms with van der Waals surface area (Å²) in [5.74, 6) is 0. The van der Waals surface area contributed by atoms with E-state index in [-0.39, 0.29) is 34.0 Å². The van der Waals surface area contributed by atoms with Crippen molar-refractivity contribution in [1.29, 1.82) is 0 Å². The first-order chi connectivity index (χ1) is 11.7. The lowest BCUT2D eigenvalue weighted by Gasteiger charge is -2.01. The first-order valence-corrected chi connectivity index (χ1v) is 9.65. The number of hydrogen-bond acceptors (Lipinski definition) is 0. The summed E-state index contributed by atoms with van der Waals surface area (Å²) in [7, 11) is 0. The third-order valence-electron chi connectivity index (χ3n) is 4.70. The third-order valence-corrected chi connectivity index (χ3v) is 4.70. The summed E-state index contributed by atoms with van der Waals surface area (Å²) in [5.41, 5.74) is 2.68. The Hall–Kier alpha value is -0.740. The molecular formula is C22H34Br2N2. The highest BCUT2D eigenvalue weighted by Crippen LogP contribution is 2.08. The first kappa shape index (κ1) is 25.3. The lowest BCUT2D eigenvalue weighted by Crippen LogP contribution is -3.00. The molecule has 0 bridgehead atoms. The number of aromatic nitrogens is 2. The van der Waals surface area contributed by atoms with Crippen LogP contribution in [-0.2, 0) is 13.1 Å². The van der Waals surface area contributed by atoms with Crippen LogP contribution in [0.3, 0.4) is 0 Å². The fraction of sp³-hybridized carbons (Fsp3) is 0.545. The minimum Gasteiger partial charge on any atom is -1.00 e. The van der Waals surface area contributed by atoms with E-state index >= 15 is 0 Å². The Bertz CT molecular complexity index is 514. The number of halogens is 2. The average molecular weight is 486 g/mol. The summed E-state index contributed by atoms with van der Waals surface area (Å²) in [6, 6.07) is 8.76. The van der Waals surface area contributed by atoms with Crippen molar-refractivity contribution < 1.29 is 43.1 Å². The van der Waals surface area contributed by atoms with Crippen LogP contribution in [0.1, 0.15) is 62.5 Å². The van der Waals surface area contributed by atoms with Gasteiger partial charge in [-0.3, -0.25) is 0 Å². The van der Waals surface area contributed by atoms with Crippen molar-refractivity contribution in [2.75, 3.05) is 0 Å². The van der Waals surface area contributed by atoms with Gasteiger partial charge in [-0.1, -0.05) is 25.7 Å². The van der Waals surface area contributed by atoms with Gasteiger partial charge >= 0.3 is 0 Å². The van der Waals surface area contributed by atoms with Crippen LogP contribution in [-0.4, -0.2) is 0 Å². The number of nitrogens with zero attached hydrogens (tertiary/aromatic N) is 2. The van der Waals surface area contributed by atoms with E-state index in [4.69, 9.17) is 0 Å². The maximum Gasteiger partial charge on any atom is 0.169 e. The summed E-state index contributed by atoms with van der Waals surface area (Å²) in [5, 5.41) is 0. The molecule has 0 saturated carbocycles. The van der Waals surface area contributed by atoms with Crippen molar-refractivity contribution >= 4 is 0 Å². The normalized spacial score (nSPS) is 10.1. The van der Waals surface area contributed by atoms with Gasteiger partial charge in [-0.05, 0) is 37.8 Å². The highest BCUT2D eigenvalue weighted by molar-refractivity contribution is 5.03. The predicted octanol–water partition coefficient (Wildman–Crippen LogP) is -1.29. The molecule has 0 N–H and O–H groups in total. The van der Waals surface area contributed by atoms with Gasteiger partial charge in [0.2, 0.25) is 0 Å². The Morgan fingerprint density at radius 3 is 1.08 bits per heavy atom. The molecule has 2 aromatic rings. The van der Waals surface area contributed by atoms with Crippen molar-refractivity contribution in [2.24, 2.45) is 0 Å². The lowest BCUT2D eigenvalue weighted by atomic mass is 10.1. The van der Waals surface area contributed by atoms with E-state index in [1.54, 1.807) is 0 Å². The molecule has 26 heavy (non-hydrogen) atoms. The smallest absolute Gasteiger partial charge is 0.169 e. The van der Waals surface area contributed by atoms with E-state index in [1.807, 2.05) is 0 Å². The molecule has 0 radical (unpaired) electrons. The van der Waals surface area contributed by atoms with Gasteiger partial charge in [-0.15, -0.1) is 0 Å². The summed E-state index contributed by atoms with van der Waals surface area (Å²) >= 11 is 0. The van der Waals surface area contributed by atoms with Gasteiger partial charge in [0.1, 0.15) is 13.1 Å². The molecule has 0 aromatic carbocycles. The zero-order valence-corrected chi connectivity index (χ0v) is 19.5. The molecular weight excluding hydrogens is 452 g/mol. The van der Waals surface area contributed by atoms with Crippen LogP contribution in [0.2, 0.25) is 0 Å². The summed E-state index contributed by atoms with van der Waals surface area (Å²) in [4.78, 5) is 0. The number of aryl methyl sites for hydroxylation is 4. The number of hydrogen-bond donors (Lipinski definition) is 0. The zero-order chi connectivity index (χ0) is 17.0. The molecule has 0 aliphatic carbocycles. The van der Waals surface area contributed by atoms with Crippen LogP contribution in [0.4, 0.5) is 0 Å². The van der Waals surface area contributed by atoms with Gasteiger partial charge < -0.3 is 34.0 Å². The van der Waals surface area contributed by atoms with Crippen LogP contribution in [0.15, 0.2) is 49.1 Å². The van der Waals surface area contributed by atoms with Gasteiger partial charge in [0.05, 0.1) is 0 Å². The fourth-order valence-electron chi connectivity index (χ4n) is 3.01. The molecule has 2 aromatic heterocycles. The van der Waals surface area contributed by atoms with Gasteiger partial charge in [-0.25, -0.2) is 9.13 Å². The highest BCUT2D eigenvalue weighted by Gasteiger charge is 2.01. The number of unbranched alkanes of at least 4 members (excludes halogenated alkanes) is 7. The Morgan fingerprint density at radius 1 is 0.500 bits per heavy atom. The molecule has 2 rings (SSSR count). The van der Waals surface area contributed by atoms with Crippen molar-refractivity contribution in [3.8, 4) is 0 Å². The summed E-state index contributed by atoms with van der Waals surface area (Å²) in [6.07, 6.45) is 19.7. The second-order valence-corrected chi connectivity index (χ2v) is 7.06. The molecule has 0 spiro atoms. The molecule has 0 atom stereocenters. The van der Waals surface area contributed by atoms with Gasteiger partial charge in [0.25, 0.3) is 0 Å². The largest absolute Gasteiger partial charge is 1.00 e. The number of pyridine rings is 2. The topological polar surface area (TPSA) is 7.76 Å². The predicted molar refractivity (Wildman–Crippen MR) is 99.7 cm³/mol.